The summed E-state index contributed by atoms with van der Waals surface area (Å²) in [6.45, 7) is 3.87. The van der Waals surface area contributed by atoms with E-state index in [9.17, 15) is 9.59 Å². The first-order valence-electron chi connectivity index (χ1n) is 8.60. The number of para-hydroxylation sites is 1. The summed E-state index contributed by atoms with van der Waals surface area (Å²) in [4.78, 5) is 25.9. The number of carbonyl (C=O) groups excluding carboxylic acids is 2. The van der Waals surface area contributed by atoms with Crippen LogP contribution < -0.4 is 10.1 Å². The summed E-state index contributed by atoms with van der Waals surface area (Å²) >= 11 is 0. The van der Waals surface area contributed by atoms with Gasteiger partial charge in [-0.05, 0) is 37.8 Å². The molecule has 2 aliphatic heterocycles. The SMILES string of the molecule is CCOC(=O)C1CCN(C(=O)N[C@@H]2COc3ccccc3C2)CC1. The smallest absolute Gasteiger partial charge is 0.317 e. The lowest BCUT2D eigenvalue weighted by Crippen LogP contribution is -2.51. The summed E-state index contributed by atoms with van der Waals surface area (Å²) in [7, 11) is 0. The molecule has 0 unspecified atom stereocenters. The zero-order valence-corrected chi connectivity index (χ0v) is 14.0. The lowest BCUT2D eigenvalue weighted by atomic mass is 9.97. The van der Waals surface area contributed by atoms with E-state index in [-0.39, 0.29) is 24.0 Å². The molecule has 2 aliphatic rings. The summed E-state index contributed by atoms with van der Waals surface area (Å²) in [6.07, 6.45) is 2.10. The molecule has 24 heavy (non-hydrogen) atoms. The van der Waals surface area contributed by atoms with E-state index in [4.69, 9.17) is 9.47 Å². The second-order valence-electron chi connectivity index (χ2n) is 6.28. The molecule has 6 nitrogen and oxygen atoms in total. The van der Waals surface area contributed by atoms with Crippen molar-refractivity contribution < 1.29 is 19.1 Å². The molecule has 6 heteroatoms. The molecule has 1 aromatic rings. The Bertz CT molecular complexity index is 596. The summed E-state index contributed by atoms with van der Waals surface area (Å²) in [5.74, 6) is 0.673. The Morgan fingerprint density at radius 3 is 2.79 bits per heavy atom. The maximum atomic E-state index is 12.4. The summed E-state index contributed by atoms with van der Waals surface area (Å²) in [6, 6.07) is 7.81. The van der Waals surface area contributed by atoms with Gasteiger partial charge in [-0.25, -0.2) is 4.79 Å². The number of nitrogens with one attached hydrogen (secondary N) is 1. The third-order valence-electron chi connectivity index (χ3n) is 4.61. The molecule has 0 saturated carbocycles. The van der Waals surface area contributed by atoms with Crippen LogP contribution in [0.2, 0.25) is 0 Å². The normalized spacial score (nSPS) is 20.7. The molecular formula is C18H24N2O4. The molecule has 0 bridgehead atoms. The number of carbonyl (C=O) groups is 2. The minimum Gasteiger partial charge on any atom is -0.491 e. The van der Waals surface area contributed by atoms with Crippen LogP contribution in [0.3, 0.4) is 0 Å². The highest BCUT2D eigenvalue weighted by atomic mass is 16.5. The Morgan fingerprint density at radius 1 is 1.29 bits per heavy atom. The van der Waals surface area contributed by atoms with E-state index >= 15 is 0 Å². The van der Waals surface area contributed by atoms with E-state index in [0.29, 0.717) is 39.1 Å². The van der Waals surface area contributed by atoms with Gasteiger partial charge >= 0.3 is 12.0 Å². The van der Waals surface area contributed by atoms with Gasteiger partial charge < -0.3 is 19.7 Å². The van der Waals surface area contributed by atoms with Crippen LogP contribution in [0.4, 0.5) is 4.79 Å². The highest BCUT2D eigenvalue weighted by Gasteiger charge is 2.29. The van der Waals surface area contributed by atoms with E-state index in [1.807, 2.05) is 31.2 Å². The monoisotopic (exact) mass is 332 g/mol. The van der Waals surface area contributed by atoms with Gasteiger partial charge in [-0.15, -0.1) is 0 Å². The Morgan fingerprint density at radius 2 is 2.04 bits per heavy atom. The second kappa shape index (κ2) is 7.55. The highest BCUT2D eigenvalue weighted by molar-refractivity contribution is 5.76. The van der Waals surface area contributed by atoms with Crippen molar-refractivity contribution in [3.8, 4) is 5.75 Å². The topological polar surface area (TPSA) is 67.9 Å². The number of urea groups is 1. The van der Waals surface area contributed by atoms with Crippen molar-refractivity contribution in [3.63, 3.8) is 0 Å². The van der Waals surface area contributed by atoms with Crippen LogP contribution in [-0.2, 0) is 16.0 Å². The third-order valence-corrected chi connectivity index (χ3v) is 4.61. The van der Waals surface area contributed by atoms with E-state index in [1.54, 1.807) is 4.90 Å². The van der Waals surface area contributed by atoms with Gasteiger partial charge in [-0.3, -0.25) is 4.79 Å². The first-order chi connectivity index (χ1) is 11.7. The lowest BCUT2D eigenvalue weighted by molar-refractivity contribution is -0.149. The molecule has 2 amide bonds. The Labute approximate surface area is 142 Å². The van der Waals surface area contributed by atoms with Crippen LogP contribution in [0.25, 0.3) is 0 Å². The zero-order valence-electron chi connectivity index (χ0n) is 14.0. The third kappa shape index (κ3) is 3.80. The van der Waals surface area contributed by atoms with E-state index in [0.717, 1.165) is 17.7 Å². The average Bonchev–Trinajstić information content (AvgIpc) is 2.62. The quantitative estimate of drug-likeness (QED) is 0.860. The van der Waals surface area contributed by atoms with Crippen LogP contribution in [0, 0.1) is 5.92 Å². The molecule has 3 rings (SSSR count). The van der Waals surface area contributed by atoms with Gasteiger partial charge in [0.25, 0.3) is 0 Å². The van der Waals surface area contributed by atoms with Crippen molar-refractivity contribution in [3.05, 3.63) is 29.8 Å². The maximum absolute atomic E-state index is 12.4. The van der Waals surface area contributed by atoms with Crippen molar-refractivity contribution >= 4 is 12.0 Å². The molecule has 130 valence electrons. The summed E-state index contributed by atoms with van der Waals surface area (Å²) < 4.78 is 10.8. The molecule has 0 radical (unpaired) electrons. The number of benzene rings is 1. The van der Waals surface area contributed by atoms with Gasteiger partial charge in [0.15, 0.2) is 0 Å². The fourth-order valence-corrected chi connectivity index (χ4v) is 3.27. The number of hydrogen-bond donors (Lipinski definition) is 1. The number of rotatable bonds is 3. The van der Waals surface area contributed by atoms with Crippen LogP contribution >= 0.6 is 0 Å². The van der Waals surface area contributed by atoms with Crippen molar-refractivity contribution in [2.24, 2.45) is 5.92 Å². The molecule has 0 spiro atoms. The zero-order chi connectivity index (χ0) is 16.9. The van der Waals surface area contributed by atoms with E-state index in [1.165, 1.54) is 0 Å². The molecule has 2 heterocycles. The van der Waals surface area contributed by atoms with Crippen molar-refractivity contribution in [1.29, 1.82) is 0 Å². The number of likely N-dealkylation sites (tertiary alicyclic amines) is 1. The predicted molar refractivity (Wildman–Crippen MR) is 88.9 cm³/mol. The van der Waals surface area contributed by atoms with Crippen LogP contribution in [0.1, 0.15) is 25.3 Å². The van der Waals surface area contributed by atoms with Gasteiger partial charge in [0, 0.05) is 13.1 Å². The van der Waals surface area contributed by atoms with Gasteiger partial charge in [0.05, 0.1) is 18.6 Å². The molecule has 1 N–H and O–H groups in total. The maximum Gasteiger partial charge on any atom is 0.317 e. The van der Waals surface area contributed by atoms with Crippen molar-refractivity contribution in [2.45, 2.75) is 32.2 Å². The Hall–Kier alpha value is -2.24. The average molecular weight is 332 g/mol. The van der Waals surface area contributed by atoms with E-state index in [2.05, 4.69) is 5.32 Å². The molecule has 1 fully saturated rings. The lowest BCUT2D eigenvalue weighted by Gasteiger charge is -2.33. The minimum absolute atomic E-state index is 0.0184. The molecule has 1 saturated heterocycles. The number of fused-ring (bicyclic) bond motifs is 1. The number of esters is 1. The Balaban J connectivity index is 1.48. The minimum atomic E-state index is -0.144. The molecule has 1 aromatic carbocycles. The van der Waals surface area contributed by atoms with Gasteiger partial charge in [0.2, 0.25) is 0 Å². The van der Waals surface area contributed by atoms with E-state index < -0.39 is 0 Å². The fraction of sp³-hybridized carbons (Fsp3) is 0.556. The van der Waals surface area contributed by atoms with Crippen molar-refractivity contribution in [1.82, 2.24) is 10.2 Å². The number of nitrogens with zero attached hydrogens (tertiary/aromatic N) is 1. The molecule has 0 aromatic heterocycles. The highest BCUT2D eigenvalue weighted by Crippen LogP contribution is 2.24. The summed E-state index contributed by atoms with van der Waals surface area (Å²) in [5, 5.41) is 3.04. The number of ether oxygens (including phenoxy) is 2. The Kier molecular flexibility index (Phi) is 5.23. The standard InChI is InChI=1S/C18H24N2O4/c1-2-23-17(21)13-7-9-20(10-8-13)18(22)19-15-11-14-5-3-4-6-16(14)24-12-15/h3-6,13,15H,2,7-12H2,1H3,(H,19,22)/t15-/m0/s1. The van der Waals surface area contributed by atoms with Gasteiger partial charge in [-0.2, -0.15) is 0 Å². The van der Waals surface area contributed by atoms with Gasteiger partial charge in [-0.1, -0.05) is 18.2 Å². The molecule has 0 aliphatic carbocycles. The molecular weight excluding hydrogens is 308 g/mol. The summed E-state index contributed by atoms with van der Waals surface area (Å²) in [5.41, 5.74) is 1.12. The first-order valence-corrected chi connectivity index (χ1v) is 8.60. The van der Waals surface area contributed by atoms with Gasteiger partial charge in [0.1, 0.15) is 12.4 Å². The first kappa shape index (κ1) is 16.6. The van der Waals surface area contributed by atoms with Crippen molar-refractivity contribution in [2.75, 3.05) is 26.3 Å². The van der Waals surface area contributed by atoms with Crippen LogP contribution in [0.15, 0.2) is 24.3 Å². The largest absolute Gasteiger partial charge is 0.491 e. The number of hydrogen-bond acceptors (Lipinski definition) is 4. The number of amides is 2. The van der Waals surface area contributed by atoms with Crippen LogP contribution in [0.5, 0.6) is 5.75 Å². The fourth-order valence-electron chi connectivity index (χ4n) is 3.27. The predicted octanol–water partition coefficient (Wildman–Crippen LogP) is 1.97. The number of piperidine rings is 1. The second-order valence-corrected chi connectivity index (χ2v) is 6.28. The van der Waals surface area contributed by atoms with Crippen LogP contribution in [-0.4, -0.2) is 49.2 Å². The molecule has 1 atom stereocenters.